The Kier molecular flexibility index (Phi) is 3.64. The molecule has 2 N–H and O–H groups in total. The lowest BCUT2D eigenvalue weighted by atomic mass is 10.1. The van der Waals surface area contributed by atoms with E-state index in [1.165, 1.54) is 0 Å². The third-order valence-electron chi connectivity index (χ3n) is 3.25. The van der Waals surface area contributed by atoms with Gasteiger partial charge in [0, 0.05) is 31.4 Å². The molecule has 1 aromatic rings. The first kappa shape index (κ1) is 11.9. The molecule has 1 saturated heterocycles. The summed E-state index contributed by atoms with van der Waals surface area (Å²) in [5, 5.41) is 12.4. The lowest BCUT2D eigenvalue weighted by molar-refractivity contribution is 0.0697. The van der Waals surface area contributed by atoms with Gasteiger partial charge < -0.3 is 15.3 Å². The molecule has 0 amide bonds. The van der Waals surface area contributed by atoms with E-state index in [9.17, 15) is 4.79 Å². The van der Waals surface area contributed by atoms with Gasteiger partial charge in [0.15, 0.2) is 0 Å². The predicted molar refractivity (Wildman–Crippen MR) is 67.7 cm³/mol. The summed E-state index contributed by atoms with van der Waals surface area (Å²) in [6.07, 6.45) is 1.06. The van der Waals surface area contributed by atoms with Crippen LogP contribution in [-0.4, -0.2) is 36.8 Å². The van der Waals surface area contributed by atoms with E-state index in [4.69, 9.17) is 5.11 Å². The second-order valence-corrected chi connectivity index (χ2v) is 4.32. The molecule has 0 aromatic heterocycles. The molecule has 0 unspecified atom stereocenters. The highest BCUT2D eigenvalue weighted by Gasteiger charge is 2.21. The van der Waals surface area contributed by atoms with Gasteiger partial charge in [-0.15, -0.1) is 0 Å². The zero-order valence-corrected chi connectivity index (χ0v) is 10.0. The second kappa shape index (κ2) is 5.19. The summed E-state index contributed by atoms with van der Waals surface area (Å²) in [5.74, 6) is -0.866. The number of carboxylic acid groups (broad SMARTS) is 1. The summed E-state index contributed by atoms with van der Waals surface area (Å²) in [6, 6.07) is 7.65. The van der Waals surface area contributed by atoms with Crippen LogP contribution in [0.15, 0.2) is 24.3 Å². The van der Waals surface area contributed by atoms with Crippen molar-refractivity contribution >= 4 is 11.7 Å². The van der Waals surface area contributed by atoms with Crippen molar-refractivity contribution in [3.8, 4) is 0 Å². The van der Waals surface area contributed by atoms with Crippen LogP contribution in [0, 0.1) is 0 Å². The van der Waals surface area contributed by atoms with Crippen LogP contribution in [0.25, 0.3) is 0 Å². The lowest BCUT2D eigenvalue weighted by Gasteiger charge is -2.37. The molecule has 92 valence electrons. The van der Waals surface area contributed by atoms with Gasteiger partial charge >= 0.3 is 5.97 Å². The zero-order chi connectivity index (χ0) is 12.3. The summed E-state index contributed by atoms with van der Waals surface area (Å²) in [5.41, 5.74) is 1.37. The van der Waals surface area contributed by atoms with Crippen molar-refractivity contribution in [3.05, 3.63) is 29.8 Å². The molecule has 2 rings (SSSR count). The lowest BCUT2D eigenvalue weighted by Crippen LogP contribution is -2.51. The summed E-state index contributed by atoms with van der Waals surface area (Å²) < 4.78 is 0. The Morgan fingerprint density at radius 1 is 1.59 bits per heavy atom. The van der Waals surface area contributed by atoms with Gasteiger partial charge in [0.25, 0.3) is 0 Å². The van der Waals surface area contributed by atoms with E-state index in [0.29, 0.717) is 11.6 Å². The average molecular weight is 234 g/mol. The van der Waals surface area contributed by atoms with Gasteiger partial charge in [-0.05, 0) is 24.6 Å². The number of piperazine rings is 1. The molecular formula is C13H18N2O2. The molecule has 1 heterocycles. The van der Waals surface area contributed by atoms with E-state index in [2.05, 4.69) is 17.1 Å². The Labute approximate surface area is 101 Å². The summed E-state index contributed by atoms with van der Waals surface area (Å²) in [7, 11) is 0. The highest BCUT2D eigenvalue weighted by Crippen LogP contribution is 2.21. The average Bonchev–Trinajstić information content (AvgIpc) is 2.39. The largest absolute Gasteiger partial charge is 0.478 e. The highest BCUT2D eigenvalue weighted by atomic mass is 16.4. The number of hydrogen-bond acceptors (Lipinski definition) is 3. The molecule has 17 heavy (non-hydrogen) atoms. The minimum Gasteiger partial charge on any atom is -0.478 e. The van der Waals surface area contributed by atoms with Crippen molar-refractivity contribution in [3.63, 3.8) is 0 Å². The number of carboxylic acids is 1. The van der Waals surface area contributed by atoms with Gasteiger partial charge in [0.2, 0.25) is 0 Å². The topological polar surface area (TPSA) is 52.6 Å². The fraction of sp³-hybridized carbons (Fsp3) is 0.462. The molecule has 0 aliphatic carbocycles. The quantitative estimate of drug-likeness (QED) is 0.833. The number of carbonyl (C=O) groups is 1. The minimum atomic E-state index is -0.866. The van der Waals surface area contributed by atoms with Crippen molar-refractivity contribution in [1.29, 1.82) is 0 Å². The first-order valence-corrected chi connectivity index (χ1v) is 6.03. The Morgan fingerprint density at radius 3 is 3.12 bits per heavy atom. The molecule has 1 aliphatic rings. The van der Waals surface area contributed by atoms with Crippen LogP contribution in [0.2, 0.25) is 0 Å². The number of nitrogens with one attached hydrogen (secondary N) is 1. The van der Waals surface area contributed by atoms with E-state index in [1.807, 2.05) is 12.1 Å². The SMILES string of the molecule is CC[C@H]1CNCCN1c1cccc(C(=O)O)c1. The number of anilines is 1. The van der Waals surface area contributed by atoms with Crippen molar-refractivity contribution < 1.29 is 9.90 Å². The van der Waals surface area contributed by atoms with Crippen molar-refractivity contribution in [2.24, 2.45) is 0 Å². The van der Waals surface area contributed by atoms with E-state index in [0.717, 1.165) is 31.7 Å². The molecule has 0 spiro atoms. The van der Waals surface area contributed by atoms with E-state index in [1.54, 1.807) is 12.1 Å². The van der Waals surface area contributed by atoms with E-state index in [-0.39, 0.29) is 0 Å². The molecule has 1 fully saturated rings. The van der Waals surface area contributed by atoms with Gasteiger partial charge in [-0.2, -0.15) is 0 Å². The predicted octanol–water partition coefficient (Wildman–Crippen LogP) is 1.57. The molecule has 0 saturated carbocycles. The third-order valence-corrected chi connectivity index (χ3v) is 3.25. The smallest absolute Gasteiger partial charge is 0.335 e. The van der Waals surface area contributed by atoms with E-state index >= 15 is 0 Å². The van der Waals surface area contributed by atoms with Gasteiger partial charge in [-0.1, -0.05) is 13.0 Å². The van der Waals surface area contributed by atoms with Crippen LogP contribution >= 0.6 is 0 Å². The fourth-order valence-electron chi connectivity index (χ4n) is 2.28. The van der Waals surface area contributed by atoms with Crippen LogP contribution in [0.3, 0.4) is 0 Å². The maximum Gasteiger partial charge on any atom is 0.335 e. The summed E-state index contributed by atoms with van der Waals surface area (Å²) >= 11 is 0. The molecule has 1 atom stereocenters. The summed E-state index contributed by atoms with van der Waals surface area (Å²) in [6.45, 7) is 5.01. The van der Waals surface area contributed by atoms with Crippen LogP contribution in [-0.2, 0) is 0 Å². The first-order valence-electron chi connectivity index (χ1n) is 6.03. The number of nitrogens with zero attached hydrogens (tertiary/aromatic N) is 1. The Morgan fingerprint density at radius 2 is 2.41 bits per heavy atom. The fourth-order valence-corrected chi connectivity index (χ4v) is 2.28. The molecule has 0 radical (unpaired) electrons. The molecule has 1 aromatic carbocycles. The standard InChI is InChI=1S/C13H18N2O2/c1-2-11-9-14-6-7-15(11)12-5-3-4-10(8-12)13(16)17/h3-5,8,11,14H,2,6-7,9H2,1H3,(H,16,17)/t11-/m0/s1. The van der Waals surface area contributed by atoms with Crippen molar-refractivity contribution in [1.82, 2.24) is 5.32 Å². The Hall–Kier alpha value is -1.55. The number of aromatic carboxylic acids is 1. The molecule has 0 bridgehead atoms. The minimum absolute atomic E-state index is 0.357. The van der Waals surface area contributed by atoms with Gasteiger partial charge in [-0.3, -0.25) is 0 Å². The molecule has 1 aliphatic heterocycles. The normalized spacial score (nSPS) is 20.3. The maximum atomic E-state index is 11.0. The zero-order valence-electron chi connectivity index (χ0n) is 10.0. The molecular weight excluding hydrogens is 216 g/mol. The molecule has 4 heteroatoms. The van der Waals surface area contributed by atoms with Crippen LogP contribution in [0.4, 0.5) is 5.69 Å². The monoisotopic (exact) mass is 234 g/mol. The van der Waals surface area contributed by atoms with Crippen molar-refractivity contribution in [2.75, 3.05) is 24.5 Å². The number of benzene rings is 1. The summed E-state index contributed by atoms with van der Waals surface area (Å²) in [4.78, 5) is 13.3. The maximum absolute atomic E-state index is 11.0. The van der Waals surface area contributed by atoms with Gasteiger partial charge in [-0.25, -0.2) is 4.79 Å². The third kappa shape index (κ3) is 2.58. The van der Waals surface area contributed by atoms with Crippen LogP contribution in [0.1, 0.15) is 23.7 Å². The van der Waals surface area contributed by atoms with Gasteiger partial charge in [0.05, 0.1) is 5.56 Å². The van der Waals surface area contributed by atoms with Gasteiger partial charge in [0.1, 0.15) is 0 Å². The second-order valence-electron chi connectivity index (χ2n) is 4.32. The number of rotatable bonds is 3. The van der Waals surface area contributed by atoms with Crippen LogP contribution in [0.5, 0.6) is 0 Å². The Bertz CT molecular complexity index is 406. The molecule has 4 nitrogen and oxygen atoms in total. The first-order chi connectivity index (χ1) is 8.22. The van der Waals surface area contributed by atoms with E-state index < -0.39 is 5.97 Å². The highest BCUT2D eigenvalue weighted by molar-refractivity contribution is 5.88. The van der Waals surface area contributed by atoms with Crippen molar-refractivity contribution in [2.45, 2.75) is 19.4 Å². The number of hydrogen-bond donors (Lipinski definition) is 2. The Balaban J connectivity index is 2.25. The van der Waals surface area contributed by atoms with Crippen LogP contribution < -0.4 is 10.2 Å².